The molecule has 0 saturated heterocycles. The van der Waals surface area contributed by atoms with Crippen LogP contribution in [-0.2, 0) is 0 Å². The minimum atomic E-state index is -0.703. The Morgan fingerprint density at radius 2 is 1.42 bits per heavy atom. The lowest BCUT2D eigenvalue weighted by molar-refractivity contribution is -0.820. The monoisotopic (exact) mass is 421 g/mol. The normalized spacial score (nSPS) is 18.7. The van der Waals surface area contributed by atoms with Gasteiger partial charge in [0.2, 0.25) is 0 Å². The van der Waals surface area contributed by atoms with Crippen molar-refractivity contribution >= 4 is 27.4 Å². The second-order valence-electron chi connectivity index (χ2n) is 9.68. The van der Waals surface area contributed by atoms with Gasteiger partial charge < -0.3 is 9.94 Å². The highest BCUT2D eigenvalue weighted by Gasteiger charge is 2.62. The topological polar surface area (TPSA) is 55.9 Å². The zero-order valence-electron chi connectivity index (χ0n) is 19.3. The summed E-state index contributed by atoms with van der Waals surface area (Å²) in [5.41, 5.74) is -0.610. The van der Waals surface area contributed by atoms with Crippen LogP contribution in [0.2, 0.25) is 0 Å². The Morgan fingerprint density at radius 1 is 0.935 bits per heavy atom. The minimum Gasteiger partial charge on any atom is -0.492 e. The molecule has 0 fully saturated rings. The molecular weight excluding hydrogens is 388 g/mol. The second kappa shape index (κ2) is 7.41. The molecule has 1 atom stereocenters. The van der Waals surface area contributed by atoms with Crippen molar-refractivity contribution in [2.45, 2.75) is 59.0 Å². The highest BCUT2D eigenvalue weighted by molar-refractivity contribution is 6.21. The van der Waals surface area contributed by atoms with E-state index >= 15 is 0 Å². The first-order valence-electron chi connectivity index (χ1n) is 11.0. The molecule has 2 N–H and O–H groups in total. The summed E-state index contributed by atoms with van der Waals surface area (Å²) in [5.74, 6) is 1.68. The third-order valence-corrected chi connectivity index (χ3v) is 7.27. The van der Waals surface area contributed by atoms with Gasteiger partial charge in [-0.1, -0.05) is 73.5 Å². The molecule has 5 nitrogen and oxygen atoms in total. The van der Waals surface area contributed by atoms with Crippen LogP contribution in [0.15, 0.2) is 48.5 Å². The molecule has 164 valence electrons. The molecule has 0 aliphatic carbocycles. The molecule has 0 saturated carbocycles. The first-order chi connectivity index (χ1) is 14.6. The van der Waals surface area contributed by atoms with E-state index in [1.165, 1.54) is 9.80 Å². The molecule has 1 aliphatic rings. The van der Waals surface area contributed by atoms with Gasteiger partial charge in [-0.3, -0.25) is 0 Å². The third-order valence-electron chi connectivity index (χ3n) is 7.27. The lowest BCUT2D eigenvalue weighted by Crippen LogP contribution is -2.54. The van der Waals surface area contributed by atoms with Crippen LogP contribution in [-0.4, -0.2) is 43.7 Å². The molecule has 4 rings (SSSR count). The van der Waals surface area contributed by atoms with Gasteiger partial charge in [0, 0.05) is 21.5 Å². The molecular formula is C26H33N2O3+. The summed E-state index contributed by atoms with van der Waals surface area (Å²) in [6.45, 7) is 12.7. The number of benzene rings is 3. The fraction of sp³-hybridized carbons (Fsp3) is 0.423. The van der Waals surface area contributed by atoms with Crippen molar-refractivity contribution in [3.63, 3.8) is 0 Å². The average molecular weight is 422 g/mol. The summed E-state index contributed by atoms with van der Waals surface area (Å²) in [6.07, 6.45) is 1.05. The van der Waals surface area contributed by atoms with Crippen LogP contribution in [0.1, 0.15) is 53.5 Å². The van der Waals surface area contributed by atoms with Crippen molar-refractivity contribution in [2.75, 3.05) is 6.61 Å². The van der Waals surface area contributed by atoms with E-state index in [-0.39, 0.29) is 0 Å². The zero-order valence-corrected chi connectivity index (χ0v) is 19.3. The standard InChI is InChI=1S/C26H33N2O3/c1-7-17(2)16-31-23-20-14-10-8-12-18(20)22(19-13-9-11-15-21(19)23)24-27(29)25(3,4)26(5,6)28(24)30/h8-15,17,29-30H,7,16H2,1-6H3/q+1. The lowest BCUT2D eigenvalue weighted by Gasteiger charge is -2.29. The highest BCUT2D eigenvalue weighted by Crippen LogP contribution is 2.43. The van der Waals surface area contributed by atoms with Gasteiger partial charge in [0.1, 0.15) is 5.75 Å². The number of rotatable bonds is 5. The quantitative estimate of drug-likeness (QED) is 0.309. The van der Waals surface area contributed by atoms with Crippen molar-refractivity contribution in [1.82, 2.24) is 5.06 Å². The van der Waals surface area contributed by atoms with Crippen LogP contribution in [0, 0.1) is 5.92 Å². The van der Waals surface area contributed by atoms with Crippen molar-refractivity contribution in [2.24, 2.45) is 5.92 Å². The van der Waals surface area contributed by atoms with Gasteiger partial charge in [0.25, 0.3) is 0 Å². The van der Waals surface area contributed by atoms with Crippen molar-refractivity contribution in [1.29, 1.82) is 0 Å². The Balaban J connectivity index is 2.08. The Hall–Kier alpha value is -2.79. The Labute approximate surface area is 184 Å². The highest BCUT2D eigenvalue weighted by atomic mass is 16.5. The summed E-state index contributed by atoms with van der Waals surface area (Å²) < 4.78 is 7.59. The SMILES string of the molecule is CCC(C)COc1c2ccccc2c(C2=[N+](O)C(C)(C)C(C)(C)N2O)c2ccccc12. The Bertz CT molecular complexity index is 1120. The van der Waals surface area contributed by atoms with Gasteiger partial charge in [-0.05, 0) is 33.6 Å². The second-order valence-corrected chi connectivity index (χ2v) is 9.68. The van der Waals surface area contributed by atoms with E-state index in [1.807, 2.05) is 76.2 Å². The first-order valence-corrected chi connectivity index (χ1v) is 11.0. The van der Waals surface area contributed by atoms with Gasteiger partial charge in [-0.15, -0.1) is 5.06 Å². The van der Waals surface area contributed by atoms with Crippen molar-refractivity contribution in [3.05, 3.63) is 54.1 Å². The van der Waals surface area contributed by atoms with Crippen molar-refractivity contribution in [3.8, 4) is 5.75 Å². The third kappa shape index (κ3) is 3.06. The molecule has 1 aliphatic heterocycles. The predicted molar refractivity (Wildman–Crippen MR) is 124 cm³/mol. The van der Waals surface area contributed by atoms with E-state index in [1.54, 1.807) is 0 Å². The van der Waals surface area contributed by atoms with E-state index in [2.05, 4.69) is 13.8 Å². The largest absolute Gasteiger partial charge is 0.492 e. The fourth-order valence-corrected chi connectivity index (χ4v) is 4.18. The van der Waals surface area contributed by atoms with Gasteiger partial charge in [0.05, 0.1) is 12.2 Å². The van der Waals surface area contributed by atoms with E-state index in [9.17, 15) is 10.4 Å². The molecule has 0 aromatic heterocycles. The van der Waals surface area contributed by atoms with Crippen molar-refractivity contribution < 1.29 is 19.9 Å². The number of hydroxylamine groups is 3. The number of hydrogen-bond donors (Lipinski definition) is 2. The number of amidine groups is 1. The Kier molecular flexibility index (Phi) is 5.13. The van der Waals surface area contributed by atoms with Crippen LogP contribution in [0.5, 0.6) is 5.75 Å². The summed E-state index contributed by atoms with van der Waals surface area (Å²) in [6, 6.07) is 16.1. The van der Waals surface area contributed by atoms with Crippen LogP contribution < -0.4 is 4.74 Å². The van der Waals surface area contributed by atoms with E-state index < -0.39 is 11.1 Å². The smallest absolute Gasteiger partial charge is 0.350 e. The maximum Gasteiger partial charge on any atom is 0.350 e. The molecule has 0 amide bonds. The summed E-state index contributed by atoms with van der Waals surface area (Å²) in [5, 5.41) is 27.5. The zero-order chi connectivity index (χ0) is 22.6. The maximum atomic E-state index is 11.2. The average Bonchev–Trinajstić information content (AvgIpc) is 2.88. The van der Waals surface area contributed by atoms with E-state index in [0.717, 1.165) is 39.3 Å². The van der Waals surface area contributed by atoms with Gasteiger partial charge in [0.15, 0.2) is 11.1 Å². The molecule has 3 aromatic rings. The van der Waals surface area contributed by atoms with E-state index in [0.29, 0.717) is 18.4 Å². The molecule has 3 aromatic carbocycles. The Morgan fingerprint density at radius 3 is 1.84 bits per heavy atom. The van der Waals surface area contributed by atoms with Crippen LogP contribution in [0.3, 0.4) is 0 Å². The molecule has 0 bridgehead atoms. The number of ether oxygens (including phenoxy) is 1. The lowest BCUT2D eigenvalue weighted by atomic mass is 9.84. The summed E-state index contributed by atoms with van der Waals surface area (Å²) in [7, 11) is 0. The van der Waals surface area contributed by atoms with Crippen LogP contribution in [0.25, 0.3) is 21.5 Å². The van der Waals surface area contributed by atoms with Crippen LogP contribution in [0.4, 0.5) is 0 Å². The summed E-state index contributed by atoms with van der Waals surface area (Å²) >= 11 is 0. The molecule has 0 spiro atoms. The number of fused-ring (bicyclic) bond motifs is 2. The predicted octanol–water partition coefficient (Wildman–Crippen LogP) is 5.83. The van der Waals surface area contributed by atoms with E-state index in [4.69, 9.17) is 4.74 Å². The van der Waals surface area contributed by atoms with Gasteiger partial charge in [-0.2, -0.15) is 0 Å². The van der Waals surface area contributed by atoms with Crippen LogP contribution >= 0.6 is 0 Å². The molecule has 1 unspecified atom stereocenters. The molecule has 5 heteroatoms. The molecule has 1 heterocycles. The molecule has 31 heavy (non-hydrogen) atoms. The molecule has 0 radical (unpaired) electrons. The first kappa shape index (κ1) is 21.4. The fourth-order valence-electron chi connectivity index (χ4n) is 4.18. The van der Waals surface area contributed by atoms with Gasteiger partial charge >= 0.3 is 5.84 Å². The summed E-state index contributed by atoms with van der Waals surface area (Å²) in [4.78, 5) is 0. The maximum absolute atomic E-state index is 11.2. The number of hydrogen-bond acceptors (Lipinski definition) is 4. The minimum absolute atomic E-state index is 0.385. The number of nitrogens with zero attached hydrogens (tertiary/aromatic N) is 2. The van der Waals surface area contributed by atoms with Gasteiger partial charge in [-0.25, -0.2) is 5.21 Å².